The van der Waals surface area contributed by atoms with Crippen molar-refractivity contribution in [2.24, 2.45) is 0 Å². The molecule has 0 spiro atoms. The predicted molar refractivity (Wildman–Crippen MR) is 77.0 cm³/mol. The number of aromatic amines is 1. The maximum absolute atomic E-state index is 11.5. The Kier molecular flexibility index (Phi) is 2.36. The summed E-state index contributed by atoms with van der Waals surface area (Å²) >= 11 is 0. The van der Waals surface area contributed by atoms with Crippen LogP contribution in [0.4, 0.5) is 0 Å². The number of hydrogen-bond donors (Lipinski definition) is 1. The van der Waals surface area contributed by atoms with E-state index in [0.717, 1.165) is 35.3 Å². The average molecular weight is 263 g/mol. The number of fused-ring (bicyclic) bond motifs is 3. The molecule has 0 saturated heterocycles. The van der Waals surface area contributed by atoms with Gasteiger partial charge in [0, 0.05) is 29.8 Å². The second-order valence-corrected chi connectivity index (χ2v) is 5.03. The fourth-order valence-electron chi connectivity index (χ4n) is 2.79. The summed E-state index contributed by atoms with van der Waals surface area (Å²) < 4.78 is 2.11. The summed E-state index contributed by atoms with van der Waals surface area (Å²) in [7, 11) is 0. The molecule has 0 saturated carbocycles. The maximum atomic E-state index is 11.5. The van der Waals surface area contributed by atoms with E-state index in [1.54, 1.807) is 6.20 Å². The number of para-hydroxylation sites is 1. The number of aromatic nitrogens is 3. The van der Waals surface area contributed by atoms with Crippen LogP contribution in [0, 0.1) is 0 Å². The zero-order valence-corrected chi connectivity index (χ0v) is 10.8. The Bertz CT molecular complexity index is 830. The van der Waals surface area contributed by atoms with Gasteiger partial charge in [-0.2, -0.15) is 0 Å². The molecule has 0 atom stereocenters. The lowest BCUT2D eigenvalue weighted by Crippen LogP contribution is -2.15. The smallest absolute Gasteiger partial charge is 0.323 e. The number of aryl methyl sites for hydroxylation is 2. The van der Waals surface area contributed by atoms with Crippen LogP contribution in [-0.2, 0) is 12.8 Å². The van der Waals surface area contributed by atoms with E-state index in [1.807, 2.05) is 18.2 Å². The second kappa shape index (κ2) is 4.20. The molecular formula is C16H13N3O. The van der Waals surface area contributed by atoms with Crippen molar-refractivity contribution in [3.05, 3.63) is 70.5 Å². The SMILES string of the molecule is O=c1ncc2c([nH]1)-c1cn(-c3ccccc3)cc1CC2. The van der Waals surface area contributed by atoms with Crippen molar-refractivity contribution in [1.82, 2.24) is 14.5 Å². The van der Waals surface area contributed by atoms with Gasteiger partial charge in [0.2, 0.25) is 0 Å². The van der Waals surface area contributed by atoms with Crippen molar-refractivity contribution in [3.63, 3.8) is 0 Å². The lowest BCUT2D eigenvalue weighted by Gasteiger charge is -2.14. The molecule has 0 aliphatic heterocycles. The minimum atomic E-state index is -0.288. The number of H-pyrrole nitrogens is 1. The molecule has 0 fully saturated rings. The largest absolute Gasteiger partial charge is 0.345 e. The zero-order chi connectivity index (χ0) is 13.5. The van der Waals surface area contributed by atoms with Crippen LogP contribution >= 0.6 is 0 Å². The van der Waals surface area contributed by atoms with E-state index >= 15 is 0 Å². The van der Waals surface area contributed by atoms with Crippen molar-refractivity contribution >= 4 is 0 Å². The molecule has 1 aliphatic carbocycles. The average Bonchev–Trinajstić information content (AvgIpc) is 2.93. The van der Waals surface area contributed by atoms with Crippen LogP contribution in [-0.4, -0.2) is 14.5 Å². The van der Waals surface area contributed by atoms with Gasteiger partial charge >= 0.3 is 5.69 Å². The number of nitrogens with one attached hydrogen (secondary N) is 1. The highest BCUT2D eigenvalue weighted by atomic mass is 16.1. The van der Waals surface area contributed by atoms with Gasteiger partial charge in [-0.15, -0.1) is 0 Å². The monoisotopic (exact) mass is 263 g/mol. The first kappa shape index (κ1) is 11.2. The summed E-state index contributed by atoms with van der Waals surface area (Å²) in [4.78, 5) is 18.1. The minimum Gasteiger partial charge on any atom is -0.323 e. The highest BCUT2D eigenvalue weighted by Crippen LogP contribution is 2.32. The van der Waals surface area contributed by atoms with E-state index in [9.17, 15) is 4.79 Å². The molecule has 4 heteroatoms. The molecule has 2 aromatic heterocycles. The topological polar surface area (TPSA) is 50.7 Å². The molecule has 98 valence electrons. The molecule has 0 bridgehead atoms. The number of rotatable bonds is 1. The van der Waals surface area contributed by atoms with Gasteiger partial charge < -0.3 is 9.55 Å². The van der Waals surface area contributed by atoms with Gasteiger partial charge in [-0.25, -0.2) is 9.78 Å². The molecule has 1 aliphatic rings. The Labute approximate surface area is 115 Å². The van der Waals surface area contributed by atoms with Crippen molar-refractivity contribution in [2.45, 2.75) is 12.8 Å². The van der Waals surface area contributed by atoms with Gasteiger partial charge in [-0.05, 0) is 36.1 Å². The van der Waals surface area contributed by atoms with Crippen molar-refractivity contribution in [2.75, 3.05) is 0 Å². The Morgan fingerprint density at radius 2 is 1.85 bits per heavy atom. The van der Waals surface area contributed by atoms with E-state index in [1.165, 1.54) is 5.56 Å². The molecule has 0 amide bonds. The Morgan fingerprint density at radius 1 is 1.05 bits per heavy atom. The highest BCUT2D eigenvalue weighted by molar-refractivity contribution is 5.69. The Balaban J connectivity index is 1.90. The van der Waals surface area contributed by atoms with Gasteiger partial charge in [-0.3, -0.25) is 0 Å². The summed E-state index contributed by atoms with van der Waals surface area (Å²) in [5.41, 5.74) is 5.24. The van der Waals surface area contributed by atoms with Gasteiger partial charge in [0.1, 0.15) is 0 Å². The maximum Gasteiger partial charge on any atom is 0.345 e. The third-order valence-corrected chi connectivity index (χ3v) is 3.79. The second-order valence-electron chi connectivity index (χ2n) is 5.03. The molecule has 0 unspecified atom stereocenters. The van der Waals surface area contributed by atoms with Crippen LogP contribution in [0.2, 0.25) is 0 Å². The van der Waals surface area contributed by atoms with E-state index in [2.05, 4.69) is 39.1 Å². The normalized spacial score (nSPS) is 12.8. The van der Waals surface area contributed by atoms with Crippen LogP contribution in [0.3, 0.4) is 0 Å². The van der Waals surface area contributed by atoms with Crippen LogP contribution < -0.4 is 5.69 Å². The summed E-state index contributed by atoms with van der Waals surface area (Å²) in [5, 5.41) is 0. The number of benzene rings is 1. The van der Waals surface area contributed by atoms with Crippen molar-refractivity contribution in [1.29, 1.82) is 0 Å². The molecular weight excluding hydrogens is 250 g/mol. The van der Waals surface area contributed by atoms with Crippen molar-refractivity contribution in [3.8, 4) is 16.9 Å². The number of nitrogens with zero attached hydrogens (tertiary/aromatic N) is 2. The molecule has 1 N–H and O–H groups in total. The molecule has 3 aromatic rings. The lowest BCUT2D eigenvalue weighted by molar-refractivity contribution is 0.900. The predicted octanol–water partition coefficient (Wildman–Crippen LogP) is 2.33. The van der Waals surface area contributed by atoms with Crippen LogP contribution in [0.25, 0.3) is 16.9 Å². The minimum absolute atomic E-state index is 0.288. The molecule has 4 rings (SSSR count). The first-order chi connectivity index (χ1) is 9.81. The zero-order valence-electron chi connectivity index (χ0n) is 10.8. The third kappa shape index (κ3) is 1.69. The van der Waals surface area contributed by atoms with Crippen LogP contribution in [0.15, 0.2) is 53.7 Å². The first-order valence-electron chi connectivity index (χ1n) is 6.66. The summed E-state index contributed by atoms with van der Waals surface area (Å²) in [6.45, 7) is 0. The summed E-state index contributed by atoms with van der Waals surface area (Å²) in [6.07, 6.45) is 7.82. The van der Waals surface area contributed by atoms with Gasteiger partial charge in [0.05, 0.1) is 5.69 Å². The van der Waals surface area contributed by atoms with Crippen LogP contribution in [0.1, 0.15) is 11.1 Å². The first-order valence-corrected chi connectivity index (χ1v) is 6.66. The lowest BCUT2D eigenvalue weighted by atomic mass is 9.93. The standard InChI is InChI=1S/C16H13N3O/c20-16-17-8-11-6-7-12-9-19(10-14(12)15(11)18-16)13-4-2-1-3-5-13/h1-5,8-10H,6-7H2,(H,17,18,20). The third-order valence-electron chi connectivity index (χ3n) is 3.79. The highest BCUT2D eigenvalue weighted by Gasteiger charge is 2.19. The van der Waals surface area contributed by atoms with Gasteiger partial charge in [0.25, 0.3) is 0 Å². The van der Waals surface area contributed by atoms with E-state index in [4.69, 9.17) is 0 Å². The molecule has 1 aromatic carbocycles. The Morgan fingerprint density at radius 3 is 2.70 bits per heavy atom. The fraction of sp³-hybridized carbons (Fsp3) is 0.125. The fourth-order valence-corrected chi connectivity index (χ4v) is 2.79. The van der Waals surface area contributed by atoms with Crippen molar-refractivity contribution < 1.29 is 0 Å². The van der Waals surface area contributed by atoms with Gasteiger partial charge in [-0.1, -0.05) is 18.2 Å². The van der Waals surface area contributed by atoms with E-state index < -0.39 is 0 Å². The number of hydrogen-bond acceptors (Lipinski definition) is 2. The van der Waals surface area contributed by atoms with E-state index in [-0.39, 0.29) is 5.69 Å². The quantitative estimate of drug-likeness (QED) is 0.732. The molecule has 20 heavy (non-hydrogen) atoms. The molecule has 2 heterocycles. The van der Waals surface area contributed by atoms with Gasteiger partial charge in [0.15, 0.2) is 0 Å². The summed E-state index contributed by atoms with van der Waals surface area (Å²) in [6, 6.07) is 10.2. The Hall–Kier alpha value is -2.62. The molecule has 0 radical (unpaired) electrons. The molecule has 4 nitrogen and oxygen atoms in total. The summed E-state index contributed by atoms with van der Waals surface area (Å²) in [5.74, 6) is 0. The van der Waals surface area contributed by atoms with Crippen LogP contribution in [0.5, 0.6) is 0 Å². The van der Waals surface area contributed by atoms with E-state index in [0.29, 0.717) is 0 Å².